The molecule has 1 aromatic rings. The largest absolute Gasteiger partial charge is 0.493 e. The Hall–Kier alpha value is -3.84. The minimum absolute atomic E-state index is 0.171. The first-order valence-corrected chi connectivity index (χ1v) is 15.9. The molecule has 5 rings (SSSR count). The van der Waals surface area contributed by atoms with Crippen molar-refractivity contribution in [3.63, 3.8) is 0 Å². The monoisotopic (exact) mass is 658 g/mol. The summed E-state index contributed by atoms with van der Waals surface area (Å²) in [5, 5.41) is 14.7. The smallest absolute Gasteiger partial charge is 0.408 e. The number of benzene rings is 1. The summed E-state index contributed by atoms with van der Waals surface area (Å²) in [6.07, 6.45) is -0.643. The van der Waals surface area contributed by atoms with Gasteiger partial charge >= 0.3 is 24.0 Å². The Morgan fingerprint density at radius 1 is 1.09 bits per heavy atom. The van der Waals surface area contributed by atoms with Gasteiger partial charge in [-0.05, 0) is 92.6 Å². The summed E-state index contributed by atoms with van der Waals surface area (Å²) < 4.78 is 34.0. The molecule has 2 bridgehead atoms. The molecule has 1 fully saturated rings. The van der Waals surface area contributed by atoms with E-state index in [0.29, 0.717) is 30.9 Å². The van der Waals surface area contributed by atoms with E-state index in [1.165, 1.54) is 6.92 Å². The van der Waals surface area contributed by atoms with Gasteiger partial charge in [-0.15, -0.1) is 0 Å². The molecule has 4 aliphatic rings. The average molecular weight is 659 g/mol. The lowest BCUT2D eigenvalue weighted by atomic mass is 9.50. The first-order chi connectivity index (χ1) is 21.8. The van der Waals surface area contributed by atoms with Crippen LogP contribution in [0.3, 0.4) is 0 Å². The molecule has 13 nitrogen and oxygen atoms in total. The van der Waals surface area contributed by atoms with Crippen molar-refractivity contribution in [2.45, 2.75) is 121 Å². The van der Waals surface area contributed by atoms with Gasteiger partial charge in [0.1, 0.15) is 23.0 Å². The number of carbonyl (C=O) groups excluding carboxylic acids is 4. The predicted octanol–water partition coefficient (Wildman–Crippen LogP) is 3.07. The maximum Gasteiger partial charge on any atom is 0.408 e. The Balaban J connectivity index is 1.31. The van der Waals surface area contributed by atoms with Crippen molar-refractivity contribution in [2.24, 2.45) is 0 Å². The predicted molar refractivity (Wildman–Crippen MR) is 167 cm³/mol. The van der Waals surface area contributed by atoms with E-state index in [9.17, 15) is 24.3 Å². The molecule has 0 saturated carbocycles. The number of amides is 1. The van der Waals surface area contributed by atoms with Gasteiger partial charge in [0.25, 0.3) is 0 Å². The fourth-order valence-electron chi connectivity index (χ4n) is 7.26. The summed E-state index contributed by atoms with van der Waals surface area (Å²) >= 11 is 0. The van der Waals surface area contributed by atoms with Crippen LogP contribution in [0, 0.1) is 0 Å². The molecule has 1 amide bonds. The number of hydrogen-bond acceptors (Lipinski definition) is 12. The molecule has 258 valence electrons. The van der Waals surface area contributed by atoms with E-state index in [1.54, 1.807) is 54.7 Å². The van der Waals surface area contributed by atoms with Crippen LogP contribution in [-0.2, 0) is 45.2 Å². The number of rotatable bonds is 8. The second-order valence-corrected chi connectivity index (χ2v) is 14.8. The number of ether oxygens (including phenoxy) is 6. The second-order valence-electron chi connectivity index (χ2n) is 14.8. The van der Waals surface area contributed by atoms with E-state index in [-0.39, 0.29) is 18.2 Å². The Morgan fingerprint density at radius 2 is 1.77 bits per heavy atom. The summed E-state index contributed by atoms with van der Waals surface area (Å²) in [6, 6.07) is 2.25. The van der Waals surface area contributed by atoms with Gasteiger partial charge in [0.15, 0.2) is 23.7 Å². The lowest BCUT2D eigenvalue weighted by Gasteiger charge is -2.61. The number of likely N-dealkylation sites (tertiary alicyclic amines) is 1. The number of piperidine rings is 1. The topological polar surface area (TPSA) is 159 Å². The number of methoxy groups -OCH3 is 1. The van der Waals surface area contributed by atoms with Gasteiger partial charge in [0.2, 0.25) is 0 Å². The third kappa shape index (κ3) is 6.27. The van der Waals surface area contributed by atoms with Crippen molar-refractivity contribution in [1.29, 1.82) is 0 Å². The average Bonchev–Trinajstić information content (AvgIpc) is 3.30. The van der Waals surface area contributed by atoms with Gasteiger partial charge in [-0.3, -0.25) is 4.79 Å². The number of carbonyl (C=O) groups is 4. The van der Waals surface area contributed by atoms with E-state index in [2.05, 4.69) is 10.2 Å². The molecule has 0 unspecified atom stereocenters. The highest BCUT2D eigenvalue weighted by atomic mass is 16.6. The molecule has 1 aromatic carbocycles. The normalized spacial score (nSPS) is 27.2. The Morgan fingerprint density at radius 3 is 2.40 bits per heavy atom. The molecular formula is C34H46N2O11. The Bertz CT molecular complexity index is 1490. The van der Waals surface area contributed by atoms with Gasteiger partial charge in [-0.25, -0.2) is 14.4 Å². The van der Waals surface area contributed by atoms with Crippen LogP contribution in [0.4, 0.5) is 4.79 Å². The maximum atomic E-state index is 13.4. The second kappa shape index (κ2) is 12.0. The van der Waals surface area contributed by atoms with Crippen LogP contribution in [0.1, 0.15) is 78.9 Å². The standard InChI is InChI=1S/C34H46N2O11/c1-18(43-24(37)17-20(29(39)46-31(2,3)4)35-30(40)47-32(5,6)7)28(38)44-22-12-13-34(41)23-16-19-10-11-21(42-9)26-25(19)33(34,27(22)45-26)14-15-36(23)8/h10-12,18,20,23,27,41H,13-17H2,1-9H3,(H,35,40)/t18-,20-,23-,27-,33-,34+/m0/s1. The summed E-state index contributed by atoms with van der Waals surface area (Å²) in [7, 11) is 3.55. The lowest BCUT2D eigenvalue weighted by Crippen LogP contribution is -2.74. The van der Waals surface area contributed by atoms with Gasteiger partial charge in [0, 0.05) is 18.0 Å². The van der Waals surface area contributed by atoms with Crippen LogP contribution < -0.4 is 14.8 Å². The van der Waals surface area contributed by atoms with E-state index in [4.69, 9.17) is 28.4 Å². The van der Waals surface area contributed by atoms with E-state index in [1.807, 2.05) is 19.2 Å². The molecule has 0 radical (unpaired) electrons. The molecule has 2 N–H and O–H groups in total. The summed E-state index contributed by atoms with van der Waals surface area (Å²) in [5.41, 5.74) is -1.86. The SMILES string of the molecule is COc1ccc2c3c1O[C@H]1C(OC(=O)[C@H](C)OC(=O)C[C@H](NC(=O)OC(C)(C)C)C(=O)OC(C)(C)C)=CC[C@@]4(O)[C@H](C2)N(C)CC[C@]314. The van der Waals surface area contributed by atoms with Gasteiger partial charge in [-0.1, -0.05) is 6.07 Å². The molecule has 0 aromatic heterocycles. The lowest BCUT2D eigenvalue weighted by molar-refractivity contribution is -0.176. The highest BCUT2D eigenvalue weighted by Gasteiger charge is 2.72. The number of nitrogens with one attached hydrogen (secondary N) is 1. The highest BCUT2D eigenvalue weighted by Crippen LogP contribution is 2.65. The summed E-state index contributed by atoms with van der Waals surface area (Å²) in [4.78, 5) is 53.8. The van der Waals surface area contributed by atoms with Crippen molar-refractivity contribution in [1.82, 2.24) is 10.2 Å². The van der Waals surface area contributed by atoms with Crippen molar-refractivity contribution < 1.29 is 52.7 Å². The zero-order chi connectivity index (χ0) is 34.7. The van der Waals surface area contributed by atoms with Crippen molar-refractivity contribution in [2.75, 3.05) is 20.7 Å². The van der Waals surface area contributed by atoms with Crippen LogP contribution in [-0.4, -0.2) is 95.8 Å². The number of alkyl carbamates (subject to hydrolysis) is 1. The quantitative estimate of drug-likeness (QED) is 0.311. The highest BCUT2D eigenvalue weighted by molar-refractivity contribution is 5.87. The van der Waals surface area contributed by atoms with E-state index < -0.39 is 70.9 Å². The fraction of sp³-hybridized carbons (Fsp3) is 0.647. The van der Waals surface area contributed by atoms with Crippen LogP contribution in [0.25, 0.3) is 0 Å². The number of likely N-dealkylation sites (N-methyl/N-ethyl adjacent to an activating group) is 1. The van der Waals surface area contributed by atoms with E-state index >= 15 is 0 Å². The summed E-state index contributed by atoms with van der Waals surface area (Å²) in [6.45, 7) is 12.0. The summed E-state index contributed by atoms with van der Waals surface area (Å²) in [5.74, 6) is -1.41. The molecule has 1 spiro atoms. The Labute approximate surface area is 274 Å². The molecule has 1 saturated heterocycles. The van der Waals surface area contributed by atoms with Crippen LogP contribution in [0.15, 0.2) is 24.0 Å². The fourth-order valence-corrected chi connectivity index (χ4v) is 7.26. The Kier molecular flexibility index (Phi) is 8.80. The van der Waals surface area contributed by atoms with Crippen molar-refractivity contribution in [3.05, 3.63) is 35.1 Å². The third-order valence-electron chi connectivity index (χ3n) is 9.17. The number of nitrogens with zero attached hydrogens (tertiary/aromatic N) is 1. The van der Waals surface area contributed by atoms with Crippen LogP contribution in [0.2, 0.25) is 0 Å². The van der Waals surface area contributed by atoms with Crippen LogP contribution in [0.5, 0.6) is 11.5 Å². The molecule has 2 aliphatic carbocycles. The van der Waals surface area contributed by atoms with Crippen molar-refractivity contribution in [3.8, 4) is 11.5 Å². The molecule has 13 heteroatoms. The molecule has 2 aliphatic heterocycles. The third-order valence-corrected chi connectivity index (χ3v) is 9.17. The molecule has 2 heterocycles. The molecule has 6 atom stereocenters. The molecule has 47 heavy (non-hydrogen) atoms. The number of esters is 3. The first-order valence-electron chi connectivity index (χ1n) is 15.9. The van der Waals surface area contributed by atoms with Gasteiger partial charge < -0.3 is 43.7 Å². The van der Waals surface area contributed by atoms with E-state index in [0.717, 1.165) is 11.1 Å². The minimum Gasteiger partial charge on any atom is -0.493 e. The molecular weight excluding hydrogens is 612 g/mol. The first kappa shape index (κ1) is 34.5. The van der Waals surface area contributed by atoms with Gasteiger partial charge in [0.05, 0.1) is 24.5 Å². The number of aliphatic hydroxyl groups is 1. The van der Waals surface area contributed by atoms with Gasteiger partial charge in [-0.2, -0.15) is 0 Å². The van der Waals surface area contributed by atoms with Crippen molar-refractivity contribution >= 4 is 24.0 Å². The minimum atomic E-state index is -1.43. The van der Waals surface area contributed by atoms with Crippen LogP contribution >= 0.6 is 0 Å². The zero-order valence-corrected chi connectivity index (χ0v) is 28.6. The number of hydrogen-bond donors (Lipinski definition) is 2. The zero-order valence-electron chi connectivity index (χ0n) is 28.6. The maximum absolute atomic E-state index is 13.4.